The van der Waals surface area contributed by atoms with Crippen molar-refractivity contribution in [2.75, 3.05) is 77.5 Å². The van der Waals surface area contributed by atoms with Gasteiger partial charge in [-0.15, -0.1) is 0 Å². The molecule has 0 N–H and O–H groups in total. The van der Waals surface area contributed by atoms with Crippen LogP contribution in [0.25, 0.3) is 10.9 Å². The van der Waals surface area contributed by atoms with Gasteiger partial charge in [0.05, 0.1) is 27.9 Å². The number of pyridine rings is 1. The van der Waals surface area contributed by atoms with E-state index >= 15 is 0 Å². The van der Waals surface area contributed by atoms with Gasteiger partial charge in [0.15, 0.2) is 0 Å². The molecular formula is C29H35Cl2N5O3. The molecule has 0 aliphatic carbocycles. The molecule has 2 aliphatic heterocycles. The molecule has 2 aliphatic rings. The molecule has 0 radical (unpaired) electrons. The largest absolute Gasteiger partial charge is 0.494 e. The van der Waals surface area contributed by atoms with E-state index in [2.05, 4.69) is 14.7 Å². The number of halogens is 2. The molecule has 5 rings (SSSR count). The van der Waals surface area contributed by atoms with Gasteiger partial charge in [0.1, 0.15) is 5.75 Å². The van der Waals surface area contributed by atoms with Gasteiger partial charge in [0.2, 0.25) is 0 Å². The van der Waals surface area contributed by atoms with Gasteiger partial charge in [-0.25, -0.2) is 9.36 Å². The molecule has 10 heteroatoms. The van der Waals surface area contributed by atoms with Crippen LogP contribution in [0.4, 0.5) is 10.5 Å². The molecular weight excluding hydrogens is 537 g/mol. The maximum Gasteiger partial charge on any atom is 0.331 e. The Morgan fingerprint density at radius 3 is 2.41 bits per heavy atom. The third kappa shape index (κ3) is 6.52. The van der Waals surface area contributed by atoms with E-state index in [0.717, 1.165) is 69.7 Å². The zero-order chi connectivity index (χ0) is 27.4. The van der Waals surface area contributed by atoms with Crippen LogP contribution >= 0.6 is 23.2 Å². The number of piperazine rings is 2. The number of nitrogens with zero attached hydrogens (tertiary/aromatic N) is 5. The number of carbonyl (C=O) groups is 1. The van der Waals surface area contributed by atoms with Crippen LogP contribution < -0.4 is 15.2 Å². The van der Waals surface area contributed by atoms with E-state index in [1.165, 1.54) is 10.6 Å². The first-order valence-electron chi connectivity index (χ1n) is 13.6. The van der Waals surface area contributed by atoms with Gasteiger partial charge in [0, 0.05) is 64.5 Å². The number of ether oxygens (including phenoxy) is 1. The SMILES string of the molecule is CN1CCN(C(=O)n2c(=O)ccc3ccc(OCCCCN4CCN(c5cccc(Cl)c5Cl)CC4)cc32)CC1. The molecule has 8 nitrogen and oxygen atoms in total. The van der Waals surface area contributed by atoms with Crippen LogP contribution in [0.1, 0.15) is 12.8 Å². The fourth-order valence-corrected chi connectivity index (χ4v) is 5.63. The number of likely N-dealkylation sites (N-methyl/N-ethyl adjacent to an activating group) is 1. The minimum absolute atomic E-state index is 0.270. The standard InChI is InChI=1S/C29H35Cl2N5O3/c1-32-12-16-35(17-13-32)29(38)36-26-21-23(9-7-22(26)8-10-27(36)37)39-20-3-2-11-33-14-18-34(19-15-33)25-6-4-5-24(30)28(25)31/h4-10,21H,2-3,11-20H2,1H3. The second kappa shape index (κ2) is 12.6. The van der Waals surface area contributed by atoms with Crippen molar-refractivity contribution < 1.29 is 9.53 Å². The number of benzene rings is 2. The fraction of sp³-hybridized carbons (Fsp3) is 0.448. The lowest BCUT2D eigenvalue weighted by molar-refractivity contribution is 0.155. The summed E-state index contributed by atoms with van der Waals surface area (Å²) in [6.07, 6.45) is 1.94. The first-order chi connectivity index (χ1) is 18.9. The maximum absolute atomic E-state index is 13.2. The number of fused-ring (bicyclic) bond motifs is 1. The molecule has 39 heavy (non-hydrogen) atoms. The van der Waals surface area contributed by atoms with Crippen LogP contribution in [0.2, 0.25) is 10.0 Å². The van der Waals surface area contributed by atoms with Gasteiger partial charge in [-0.3, -0.25) is 9.69 Å². The summed E-state index contributed by atoms with van der Waals surface area (Å²) in [5.41, 5.74) is 1.27. The minimum Gasteiger partial charge on any atom is -0.494 e. The summed E-state index contributed by atoms with van der Waals surface area (Å²) < 4.78 is 7.32. The van der Waals surface area contributed by atoms with Crippen molar-refractivity contribution in [3.05, 3.63) is 68.9 Å². The van der Waals surface area contributed by atoms with Gasteiger partial charge in [-0.2, -0.15) is 0 Å². The molecule has 3 heterocycles. The molecule has 0 saturated carbocycles. The number of anilines is 1. The highest BCUT2D eigenvalue weighted by Gasteiger charge is 2.23. The number of amides is 1. The first kappa shape index (κ1) is 27.8. The summed E-state index contributed by atoms with van der Waals surface area (Å²) in [5.74, 6) is 0.667. The summed E-state index contributed by atoms with van der Waals surface area (Å²) in [6, 6.07) is 14.3. The van der Waals surface area contributed by atoms with Crippen LogP contribution in [0.3, 0.4) is 0 Å². The maximum atomic E-state index is 13.2. The number of hydrogen-bond acceptors (Lipinski definition) is 6. The number of unbranched alkanes of at least 4 members (excludes halogenated alkanes) is 1. The highest BCUT2D eigenvalue weighted by Crippen LogP contribution is 2.33. The number of aromatic nitrogens is 1. The van der Waals surface area contributed by atoms with Gasteiger partial charge in [0.25, 0.3) is 5.56 Å². The molecule has 0 unspecified atom stereocenters. The highest BCUT2D eigenvalue weighted by atomic mass is 35.5. The van der Waals surface area contributed by atoms with E-state index in [0.29, 0.717) is 41.0 Å². The Morgan fingerprint density at radius 2 is 1.64 bits per heavy atom. The Kier molecular flexibility index (Phi) is 8.97. The summed E-state index contributed by atoms with van der Waals surface area (Å²) in [5, 5.41) is 2.05. The lowest BCUT2D eigenvalue weighted by atomic mass is 10.2. The summed E-state index contributed by atoms with van der Waals surface area (Å²) in [4.78, 5) is 34.6. The van der Waals surface area contributed by atoms with Gasteiger partial charge in [-0.1, -0.05) is 29.3 Å². The zero-order valence-corrected chi connectivity index (χ0v) is 23.8. The van der Waals surface area contributed by atoms with Crippen LogP contribution in [0.15, 0.2) is 53.3 Å². The summed E-state index contributed by atoms with van der Waals surface area (Å²) >= 11 is 12.6. The molecule has 2 saturated heterocycles. The van der Waals surface area contributed by atoms with Crippen LogP contribution in [-0.4, -0.2) is 97.9 Å². The second-order valence-electron chi connectivity index (χ2n) is 10.3. The van der Waals surface area contributed by atoms with E-state index in [9.17, 15) is 9.59 Å². The third-order valence-electron chi connectivity index (χ3n) is 7.62. The zero-order valence-electron chi connectivity index (χ0n) is 22.3. The Morgan fingerprint density at radius 1 is 0.897 bits per heavy atom. The van der Waals surface area contributed by atoms with E-state index in [4.69, 9.17) is 27.9 Å². The molecule has 0 spiro atoms. The minimum atomic E-state index is -0.318. The van der Waals surface area contributed by atoms with Crippen LogP contribution in [-0.2, 0) is 0 Å². The molecule has 0 bridgehead atoms. The van der Waals surface area contributed by atoms with Gasteiger partial charge >= 0.3 is 6.03 Å². The van der Waals surface area contributed by atoms with Crippen molar-refractivity contribution in [1.82, 2.24) is 19.3 Å². The molecule has 1 aromatic heterocycles. The fourth-order valence-electron chi connectivity index (χ4n) is 5.22. The normalized spacial score (nSPS) is 17.1. The summed E-state index contributed by atoms with van der Waals surface area (Å²) in [6.45, 7) is 8.20. The number of hydrogen-bond donors (Lipinski definition) is 0. The molecule has 0 atom stereocenters. The van der Waals surface area contributed by atoms with Crippen LogP contribution in [0, 0.1) is 0 Å². The second-order valence-corrected chi connectivity index (χ2v) is 11.0. The van der Waals surface area contributed by atoms with E-state index in [1.807, 2.05) is 43.4 Å². The Balaban J connectivity index is 1.12. The monoisotopic (exact) mass is 571 g/mol. The van der Waals surface area contributed by atoms with E-state index < -0.39 is 0 Å². The molecule has 208 valence electrons. The van der Waals surface area contributed by atoms with Crippen LogP contribution in [0.5, 0.6) is 5.75 Å². The van der Waals surface area contributed by atoms with Crippen molar-refractivity contribution in [1.29, 1.82) is 0 Å². The lowest BCUT2D eigenvalue weighted by Crippen LogP contribution is -2.50. The lowest BCUT2D eigenvalue weighted by Gasteiger charge is -2.36. The van der Waals surface area contributed by atoms with Crippen molar-refractivity contribution in [3.63, 3.8) is 0 Å². The van der Waals surface area contributed by atoms with Crippen molar-refractivity contribution in [3.8, 4) is 5.75 Å². The first-order valence-corrected chi connectivity index (χ1v) is 14.3. The van der Waals surface area contributed by atoms with Crippen molar-refractivity contribution in [2.24, 2.45) is 0 Å². The average molecular weight is 573 g/mol. The van der Waals surface area contributed by atoms with Gasteiger partial charge in [-0.05, 0) is 62.2 Å². The van der Waals surface area contributed by atoms with Gasteiger partial charge < -0.3 is 19.4 Å². The third-order valence-corrected chi connectivity index (χ3v) is 8.42. The quantitative estimate of drug-likeness (QED) is 0.389. The highest BCUT2D eigenvalue weighted by molar-refractivity contribution is 6.43. The molecule has 3 aromatic rings. The average Bonchev–Trinajstić information content (AvgIpc) is 2.95. The van der Waals surface area contributed by atoms with E-state index in [1.54, 1.807) is 11.0 Å². The predicted molar refractivity (Wildman–Crippen MR) is 158 cm³/mol. The number of rotatable bonds is 7. The molecule has 2 fully saturated rings. The Bertz CT molecular complexity index is 1360. The predicted octanol–water partition coefficient (Wildman–Crippen LogP) is 4.51. The van der Waals surface area contributed by atoms with Crippen molar-refractivity contribution >= 4 is 45.8 Å². The molecule has 1 amide bonds. The van der Waals surface area contributed by atoms with E-state index in [-0.39, 0.29) is 11.6 Å². The Hall–Kier alpha value is -2.78. The summed E-state index contributed by atoms with van der Waals surface area (Å²) in [7, 11) is 2.04. The topological polar surface area (TPSA) is 61.3 Å². The smallest absolute Gasteiger partial charge is 0.331 e. The van der Waals surface area contributed by atoms with Crippen molar-refractivity contribution in [2.45, 2.75) is 12.8 Å². The number of carbonyl (C=O) groups excluding carboxylic acids is 1. The molecule has 2 aromatic carbocycles. The Labute approximate surface area is 239 Å².